The van der Waals surface area contributed by atoms with Gasteiger partial charge in [-0.2, -0.15) is 10.4 Å². The van der Waals surface area contributed by atoms with Crippen molar-refractivity contribution in [1.82, 2.24) is 10.2 Å². The van der Waals surface area contributed by atoms with E-state index < -0.39 is 0 Å². The minimum Gasteiger partial charge on any atom is -0.379 e. The second-order valence-corrected chi connectivity index (χ2v) is 4.64. The van der Waals surface area contributed by atoms with Crippen molar-refractivity contribution in [2.45, 2.75) is 27.7 Å². The molecule has 98 valence electrons. The second kappa shape index (κ2) is 6.92. The Kier molecular flexibility index (Phi) is 5.53. The predicted molar refractivity (Wildman–Crippen MR) is 70.4 cm³/mol. The first-order valence-corrected chi connectivity index (χ1v) is 6.11. The summed E-state index contributed by atoms with van der Waals surface area (Å²) in [6.07, 6.45) is 0. The largest absolute Gasteiger partial charge is 0.379 e. The number of ether oxygens (including phenoxy) is 1. The normalized spacial score (nSPS) is 10.4. The molecule has 0 aromatic carbocycles. The van der Waals surface area contributed by atoms with Crippen molar-refractivity contribution in [3.05, 3.63) is 16.8 Å². The van der Waals surface area contributed by atoms with Gasteiger partial charge >= 0.3 is 0 Å². The molecule has 0 amide bonds. The van der Waals surface area contributed by atoms with Crippen LogP contribution in [-0.2, 0) is 4.74 Å². The van der Waals surface area contributed by atoms with E-state index in [4.69, 9.17) is 10.00 Å². The Bertz CT molecular complexity index is 437. The summed E-state index contributed by atoms with van der Waals surface area (Å²) in [4.78, 5) is 0. The highest BCUT2D eigenvalue weighted by Gasteiger charge is 2.09. The van der Waals surface area contributed by atoms with Crippen LogP contribution in [0.25, 0.3) is 0 Å². The van der Waals surface area contributed by atoms with Crippen LogP contribution >= 0.6 is 0 Å². The van der Waals surface area contributed by atoms with E-state index in [1.54, 1.807) is 0 Å². The molecule has 0 bridgehead atoms. The van der Waals surface area contributed by atoms with Gasteiger partial charge in [0.2, 0.25) is 0 Å². The standard InChI is InChI=1S/C13H20N4O/c1-9(2)8-18-6-5-15-13-12(7-14)10(3)11(4)16-17-13/h9H,5-6,8H2,1-4H3,(H,15,17). The number of aromatic nitrogens is 2. The monoisotopic (exact) mass is 248 g/mol. The van der Waals surface area contributed by atoms with Gasteiger partial charge in [0.15, 0.2) is 5.82 Å². The third kappa shape index (κ3) is 3.97. The van der Waals surface area contributed by atoms with Gasteiger partial charge in [-0.1, -0.05) is 13.8 Å². The third-order valence-electron chi connectivity index (χ3n) is 2.56. The van der Waals surface area contributed by atoms with E-state index in [-0.39, 0.29) is 0 Å². The van der Waals surface area contributed by atoms with Crippen molar-refractivity contribution in [2.75, 3.05) is 25.1 Å². The van der Waals surface area contributed by atoms with Crippen LogP contribution in [-0.4, -0.2) is 30.0 Å². The summed E-state index contributed by atoms with van der Waals surface area (Å²) in [6.45, 7) is 9.90. The molecule has 0 radical (unpaired) electrons. The molecule has 0 saturated carbocycles. The SMILES string of the molecule is Cc1nnc(NCCOCC(C)C)c(C#N)c1C. The Hall–Kier alpha value is -1.67. The van der Waals surface area contributed by atoms with Gasteiger partial charge in [0.1, 0.15) is 11.6 Å². The molecule has 1 heterocycles. The van der Waals surface area contributed by atoms with Crippen LogP contribution in [0.15, 0.2) is 0 Å². The number of hydrogen-bond donors (Lipinski definition) is 1. The number of nitrogens with zero attached hydrogens (tertiary/aromatic N) is 3. The van der Waals surface area contributed by atoms with Gasteiger partial charge in [0, 0.05) is 13.2 Å². The highest BCUT2D eigenvalue weighted by molar-refractivity contribution is 5.55. The molecule has 1 aromatic heterocycles. The second-order valence-electron chi connectivity index (χ2n) is 4.64. The average molecular weight is 248 g/mol. The molecule has 0 atom stereocenters. The zero-order valence-corrected chi connectivity index (χ0v) is 11.4. The Morgan fingerprint density at radius 2 is 2.06 bits per heavy atom. The zero-order valence-electron chi connectivity index (χ0n) is 11.4. The maximum absolute atomic E-state index is 9.11. The Morgan fingerprint density at radius 1 is 1.33 bits per heavy atom. The Labute approximate surface area is 108 Å². The quantitative estimate of drug-likeness (QED) is 0.780. The highest BCUT2D eigenvalue weighted by atomic mass is 16.5. The molecule has 0 aliphatic carbocycles. The molecule has 0 aliphatic rings. The molecule has 0 aliphatic heterocycles. The molecule has 1 rings (SSSR count). The lowest BCUT2D eigenvalue weighted by atomic mass is 10.1. The van der Waals surface area contributed by atoms with Crippen molar-refractivity contribution in [3.63, 3.8) is 0 Å². The Balaban J connectivity index is 2.53. The molecule has 18 heavy (non-hydrogen) atoms. The molecular formula is C13H20N4O. The van der Waals surface area contributed by atoms with Gasteiger partial charge in [-0.15, -0.1) is 5.10 Å². The van der Waals surface area contributed by atoms with E-state index in [2.05, 4.69) is 35.4 Å². The molecule has 0 unspecified atom stereocenters. The number of rotatable bonds is 6. The van der Waals surface area contributed by atoms with Crippen LogP contribution in [0.2, 0.25) is 0 Å². The minimum atomic E-state index is 0.529. The topological polar surface area (TPSA) is 70.8 Å². The lowest BCUT2D eigenvalue weighted by molar-refractivity contribution is 0.118. The van der Waals surface area contributed by atoms with Gasteiger partial charge in [-0.25, -0.2) is 0 Å². The van der Waals surface area contributed by atoms with Crippen LogP contribution in [0.4, 0.5) is 5.82 Å². The van der Waals surface area contributed by atoms with Crippen molar-refractivity contribution in [1.29, 1.82) is 5.26 Å². The van der Waals surface area contributed by atoms with Gasteiger partial charge in [0.25, 0.3) is 0 Å². The van der Waals surface area contributed by atoms with Crippen LogP contribution in [0.1, 0.15) is 30.7 Å². The summed E-state index contributed by atoms with van der Waals surface area (Å²) in [5, 5.41) is 20.2. The van der Waals surface area contributed by atoms with Crippen molar-refractivity contribution >= 4 is 5.82 Å². The molecule has 5 heteroatoms. The van der Waals surface area contributed by atoms with E-state index in [1.165, 1.54) is 0 Å². The minimum absolute atomic E-state index is 0.529. The van der Waals surface area contributed by atoms with Gasteiger partial charge < -0.3 is 10.1 Å². The van der Waals surface area contributed by atoms with Gasteiger partial charge in [0.05, 0.1) is 12.3 Å². The highest BCUT2D eigenvalue weighted by Crippen LogP contribution is 2.16. The fourth-order valence-electron chi connectivity index (χ4n) is 1.43. The summed E-state index contributed by atoms with van der Waals surface area (Å²) >= 11 is 0. The summed E-state index contributed by atoms with van der Waals surface area (Å²) in [5.41, 5.74) is 2.22. The average Bonchev–Trinajstić information content (AvgIpc) is 2.33. The number of hydrogen-bond acceptors (Lipinski definition) is 5. The van der Waals surface area contributed by atoms with Crippen molar-refractivity contribution in [3.8, 4) is 6.07 Å². The molecule has 0 spiro atoms. The van der Waals surface area contributed by atoms with Crippen molar-refractivity contribution in [2.24, 2.45) is 5.92 Å². The van der Waals surface area contributed by atoms with E-state index >= 15 is 0 Å². The first-order valence-electron chi connectivity index (χ1n) is 6.11. The number of nitriles is 1. The summed E-state index contributed by atoms with van der Waals surface area (Å²) in [5.74, 6) is 1.06. The molecule has 1 N–H and O–H groups in total. The first kappa shape index (κ1) is 14.4. The molecule has 1 aromatic rings. The Morgan fingerprint density at radius 3 is 2.67 bits per heavy atom. The van der Waals surface area contributed by atoms with Gasteiger partial charge in [-0.05, 0) is 25.3 Å². The number of anilines is 1. The van der Waals surface area contributed by atoms with Gasteiger partial charge in [-0.3, -0.25) is 0 Å². The zero-order chi connectivity index (χ0) is 13.5. The fraction of sp³-hybridized carbons (Fsp3) is 0.615. The molecular weight excluding hydrogens is 228 g/mol. The summed E-state index contributed by atoms with van der Waals surface area (Å²) in [7, 11) is 0. The summed E-state index contributed by atoms with van der Waals surface area (Å²) in [6, 6.07) is 2.16. The molecule has 0 fully saturated rings. The van der Waals surface area contributed by atoms with Crippen LogP contribution in [0.5, 0.6) is 0 Å². The van der Waals surface area contributed by atoms with E-state index in [9.17, 15) is 0 Å². The lowest BCUT2D eigenvalue weighted by Gasteiger charge is -2.10. The predicted octanol–water partition coefficient (Wildman–Crippen LogP) is 2.05. The van der Waals surface area contributed by atoms with E-state index in [0.717, 1.165) is 17.9 Å². The lowest BCUT2D eigenvalue weighted by Crippen LogP contribution is -2.14. The fourth-order valence-corrected chi connectivity index (χ4v) is 1.43. The van der Waals surface area contributed by atoms with Crippen molar-refractivity contribution < 1.29 is 4.74 Å². The smallest absolute Gasteiger partial charge is 0.167 e. The number of aryl methyl sites for hydroxylation is 1. The maximum atomic E-state index is 9.11. The van der Waals surface area contributed by atoms with Crippen LogP contribution < -0.4 is 5.32 Å². The molecule has 0 saturated heterocycles. The molecule has 5 nitrogen and oxygen atoms in total. The summed E-state index contributed by atoms with van der Waals surface area (Å²) < 4.78 is 5.45. The number of nitrogens with one attached hydrogen (secondary N) is 1. The van der Waals surface area contributed by atoms with E-state index in [1.807, 2.05) is 13.8 Å². The maximum Gasteiger partial charge on any atom is 0.167 e. The van der Waals surface area contributed by atoms with E-state index in [0.29, 0.717) is 30.5 Å². The van der Waals surface area contributed by atoms with Crippen LogP contribution in [0.3, 0.4) is 0 Å². The first-order chi connectivity index (χ1) is 8.56. The third-order valence-corrected chi connectivity index (χ3v) is 2.56. The van der Waals surface area contributed by atoms with Crippen LogP contribution in [0, 0.1) is 31.1 Å².